The molecular formula is C18H25N3O3. The Bertz CT molecular complexity index is 630. The molecule has 2 aliphatic heterocycles. The number of carbonyl (C=O) groups is 2. The molecular weight excluding hydrogens is 306 g/mol. The number of fused-ring (bicyclic) bond motifs is 1. The van der Waals surface area contributed by atoms with E-state index < -0.39 is 6.10 Å². The van der Waals surface area contributed by atoms with Gasteiger partial charge in [-0.05, 0) is 57.5 Å². The standard InChI is InChI=1S/C18H25N3O3/c1-3-9-21-10-5-4-6-15(21)18(23)19-13-7-8-16-14(11-13)20-17(22)12(2)24-16/h7-8,11-12,15H,3-6,9-10H2,1-2H3,(H,19,23)(H,20,22). The number of nitrogens with zero attached hydrogens (tertiary/aromatic N) is 1. The summed E-state index contributed by atoms with van der Waals surface area (Å²) in [5.74, 6) is 0.484. The van der Waals surface area contributed by atoms with Gasteiger partial charge >= 0.3 is 0 Å². The van der Waals surface area contributed by atoms with Crippen molar-refractivity contribution >= 4 is 23.2 Å². The van der Waals surface area contributed by atoms with Crippen molar-refractivity contribution in [2.24, 2.45) is 0 Å². The van der Waals surface area contributed by atoms with E-state index in [9.17, 15) is 9.59 Å². The largest absolute Gasteiger partial charge is 0.479 e. The molecule has 1 aromatic rings. The number of carbonyl (C=O) groups excluding carboxylic acids is 2. The molecule has 0 radical (unpaired) electrons. The van der Waals surface area contributed by atoms with Crippen LogP contribution in [0.25, 0.3) is 0 Å². The number of likely N-dealkylation sites (tertiary alicyclic amines) is 1. The molecule has 2 N–H and O–H groups in total. The lowest BCUT2D eigenvalue weighted by atomic mass is 10.0. The minimum atomic E-state index is -0.497. The van der Waals surface area contributed by atoms with Gasteiger partial charge in [-0.1, -0.05) is 13.3 Å². The van der Waals surface area contributed by atoms with Gasteiger partial charge in [0.15, 0.2) is 6.10 Å². The average molecular weight is 331 g/mol. The number of benzene rings is 1. The Morgan fingerprint density at radius 1 is 1.42 bits per heavy atom. The second-order valence-corrected chi connectivity index (χ2v) is 6.50. The molecule has 6 heteroatoms. The smallest absolute Gasteiger partial charge is 0.265 e. The molecule has 6 nitrogen and oxygen atoms in total. The van der Waals surface area contributed by atoms with E-state index in [2.05, 4.69) is 22.5 Å². The molecule has 0 aromatic heterocycles. The van der Waals surface area contributed by atoms with E-state index in [0.717, 1.165) is 38.8 Å². The highest BCUT2D eigenvalue weighted by atomic mass is 16.5. The molecule has 0 aliphatic carbocycles. The Balaban J connectivity index is 1.70. The Morgan fingerprint density at radius 3 is 3.04 bits per heavy atom. The second-order valence-electron chi connectivity index (χ2n) is 6.50. The molecule has 130 valence electrons. The third-order valence-corrected chi connectivity index (χ3v) is 4.61. The fraction of sp³-hybridized carbons (Fsp3) is 0.556. The van der Waals surface area contributed by atoms with Crippen LogP contribution in [-0.2, 0) is 9.59 Å². The lowest BCUT2D eigenvalue weighted by Crippen LogP contribution is -2.47. The molecule has 1 fully saturated rings. The van der Waals surface area contributed by atoms with Gasteiger partial charge in [0.25, 0.3) is 5.91 Å². The fourth-order valence-electron chi connectivity index (χ4n) is 3.35. The van der Waals surface area contributed by atoms with E-state index in [-0.39, 0.29) is 17.9 Å². The van der Waals surface area contributed by atoms with Crippen molar-refractivity contribution in [3.8, 4) is 5.75 Å². The van der Waals surface area contributed by atoms with Crippen LogP contribution < -0.4 is 15.4 Å². The van der Waals surface area contributed by atoms with Gasteiger partial charge in [-0.3, -0.25) is 14.5 Å². The van der Waals surface area contributed by atoms with Gasteiger partial charge in [0, 0.05) is 5.69 Å². The Labute approximate surface area is 142 Å². The predicted octanol–water partition coefficient (Wildman–Crippen LogP) is 2.61. The number of hydrogen-bond acceptors (Lipinski definition) is 4. The first kappa shape index (κ1) is 16.8. The zero-order chi connectivity index (χ0) is 17.1. The van der Waals surface area contributed by atoms with Gasteiger partial charge in [-0.2, -0.15) is 0 Å². The highest BCUT2D eigenvalue weighted by molar-refractivity contribution is 6.00. The van der Waals surface area contributed by atoms with E-state index in [1.807, 2.05) is 6.07 Å². The van der Waals surface area contributed by atoms with Crippen molar-refractivity contribution in [1.82, 2.24) is 4.90 Å². The van der Waals surface area contributed by atoms with E-state index in [0.29, 0.717) is 17.1 Å². The Kier molecular flexibility index (Phi) is 5.04. The first-order chi connectivity index (χ1) is 11.6. The number of amides is 2. The van der Waals surface area contributed by atoms with Gasteiger partial charge in [-0.15, -0.1) is 0 Å². The van der Waals surface area contributed by atoms with E-state index >= 15 is 0 Å². The normalized spacial score (nSPS) is 23.8. The summed E-state index contributed by atoms with van der Waals surface area (Å²) in [5.41, 5.74) is 1.28. The molecule has 2 amide bonds. The Hall–Kier alpha value is -2.08. The summed E-state index contributed by atoms with van der Waals surface area (Å²) >= 11 is 0. The lowest BCUT2D eigenvalue weighted by Gasteiger charge is -2.34. The minimum Gasteiger partial charge on any atom is -0.479 e. The number of rotatable bonds is 4. The number of ether oxygens (including phenoxy) is 1. The zero-order valence-corrected chi connectivity index (χ0v) is 14.3. The third-order valence-electron chi connectivity index (χ3n) is 4.61. The highest BCUT2D eigenvalue weighted by Gasteiger charge is 2.28. The number of hydrogen-bond donors (Lipinski definition) is 2. The van der Waals surface area contributed by atoms with Crippen LogP contribution in [0.2, 0.25) is 0 Å². The molecule has 0 bridgehead atoms. The second kappa shape index (κ2) is 7.21. The van der Waals surface area contributed by atoms with Crippen LogP contribution in [0.1, 0.15) is 39.5 Å². The maximum atomic E-state index is 12.7. The van der Waals surface area contributed by atoms with Crippen LogP contribution in [-0.4, -0.2) is 41.9 Å². The van der Waals surface area contributed by atoms with Gasteiger partial charge in [-0.25, -0.2) is 0 Å². The Morgan fingerprint density at radius 2 is 2.25 bits per heavy atom. The van der Waals surface area contributed by atoms with Crippen LogP contribution >= 0.6 is 0 Å². The zero-order valence-electron chi connectivity index (χ0n) is 14.3. The van der Waals surface area contributed by atoms with Crippen LogP contribution in [0, 0.1) is 0 Å². The molecule has 2 heterocycles. The van der Waals surface area contributed by atoms with Crippen LogP contribution in [0.5, 0.6) is 5.75 Å². The molecule has 2 aliphatic rings. The first-order valence-electron chi connectivity index (χ1n) is 8.75. The van der Waals surface area contributed by atoms with Crippen LogP contribution in [0.3, 0.4) is 0 Å². The molecule has 0 saturated carbocycles. The highest BCUT2D eigenvalue weighted by Crippen LogP contribution is 2.32. The summed E-state index contributed by atoms with van der Waals surface area (Å²) in [4.78, 5) is 26.7. The maximum Gasteiger partial charge on any atom is 0.265 e. The quantitative estimate of drug-likeness (QED) is 0.890. The summed E-state index contributed by atoms with van der Waals surface area (Å²) in [7, 11) is 0. The van der Waals surface area contributed by atoms with Gasteiger partial charge in [0.05, 0.1) is 11.7 Å². The summed E-state index contributed by atoms with van der Waals surface area (Å²) in [6, 6.07) is 5.28. The van der Waals surface area contributed by atoms with E-state index in [1.165, 1.54) is 0 Å². The summed E-state index contributed by atoms with van der Waals surface area (Å²) in [5, 5.41) is 5.79. The van der Waals surface area contributed by atoms with Crippen molar-refractivity contribution in [3.63, 3.8) is 0 Å². The number of piperidine rings is 1. The van der Waals surface area contributed by atoms with E-state index in [4.69, 9.17) is 4.74 Å². The fourth-order valence-corrected chi connectivity index (χ4v) is 3.35. The van der Waals surface area contributed by atoms with Crippen molar-refractivity contribution in [3.05, 3.63) is 18.2 Å². The average Bonchev–Trinajstić information content (AvgIpc) is 2.57. The van der Waals surface area contributed by atoms with E-state index in [1.54, 1.807) is 19.1 Å². The van der Waals surface area contributed by atoms with Gasteiger partial charge < -0.3 is 15.4 Å². The first-order valence-corrected chi connectivity index (χ1v) is 8.75. The van der Waals surface area contributed by atoms with Crippen LogP contribution in [0.15, 0.2) is 18.2 Å². The molecule has 0 spiro atoms. The SMILES string of the molecule is CCCN1CCCCC1C(=O)Nc1ccc2c(c1)NC(=O)C(C)O2. The van der Waals surface area contributed by atoms with Crippen LogP contribution in [0.4, 0.5) is 11.4 Å². The monoisotopic (exact) mass is 331 g/mol. The van der Waals surface area contributed by atoms with Crippen molar-refractivity contribution in [1.29, 1.82) is 0 Å². The number of nitrogens with one attached hydrogen (secondary N) is 2. The topological polar surface area (TPSA) is 70.7 Å². The molecule has 24 heavy (non-hydrogen) atoms. The van der Waals surface area contributed by atoms with Crippen molar-refractivity contribution in [2.75, 3.05) is 23.7 Å². The molecule has 3 rings (SSSR count). The minimum absolute atomic E-state index is 0.0273. The molecule has 2 atom stereocenters. The van der Waals surface area contributed by atoms with Gasteiger partial charge in [0.1, 0.15) is 5.75 Å². The van der Waals surface area contributed by atoms with Crippen molar-refractivity contribution < 1.29 is 14.3 Å². The molecule has 1 saturated heterocycles. The van der Waals surface area contributed by atoms with Crippen molar-refractivity contribution in [2.45, 2.75) is 51.7 Å². The lowest BCUT2D eigenvalue weighted by molar-refractivity contribution is -0.123. The third kappa shape index (κ3) is 3.53. The molecule has 1 aromatic carbocycles. The number of anilines is 2. The summed E-state index contributed by atoms with van der Waals surface area (Å²) in [6.45, 7) is 5.78. The summed E-state index contributed by atoms with van der Waals surface area (Å²) in [6.07, 6.45) is 3.69. The maximum absolute atomic E-state index is 12.7. The molecule has 2 unspecified atom stereocenters. The predicted molar refractivity (Wildman–Crippen MR) is 93.3 cm³/mol. The van der Waals surface area contributed by atoms with Gasteiger partial charge in [0.2, 0.25) is 5.91 Å². The summed E-state index contributed by atoms with van der Waals surface area (Å²) < 4.78 is 5.54.